The van der Waals surface area contributed by atoms with Crippen molar-refractivity contribution in [1.29, 1.82) is 0 Å². The molecule has 8 heteroatoms. The molecule has 0 aliphatic carbocycles. The van der Waals surface area contributed by atoms with Crippen molar-refractivity contribution in [3.63, 3.8) is 0 Å². The average molecular weight is 420 g/mol. The summed E-state index contributed by atoms with van der Waals surface area (Å²) in [4.78, 5) is 22.0. The van der Waals surface area contributed by atoms with Crippen LogP contribution in [0, 0.1) is 6.92 Å². The van der Waals surface area contributed by atoms with Gasteiger partial charge in [0.05, 0.1) is 5.52 Å². The summed E-state index contributed by atoms with van der Waals surface area (Å²) in [5, 5.41) is 12.1. The second kappa shape index (κ2) is 7.53. The lowest BCUT2D eigenvalue weighted by Gasteiger charge is -2.38. The van der Waals surface area contributed by atoms with Crippen molar-refractivity contribution in [2.45, 2.75) is 39.3 Å². The Morgan fingerprint density at radius 1 is 1.23 bits per heavy atom. The number of pyridine rings is 1. The monoisotopic (exact) mass is 419 g/mol. The van der Waals surface area contributed by atoms with Gasteiger partial charge in [-0.2, -0.15) is 5.10 Å². The molecular formula is C23H29N7O. The number of nitrogens with one attached hydrogen (secondary N) is 2. The third kappa shape index (κ3) is 3.61. The van der Waals surface area contributed by atoms with E-state index in [4.69, 9.17) is 0 Å². The second-order valence-electron chi connectivity index (χ2n) is 8.87. The lowest BCUT2D eigenvalue weighted by atomic mass is 10.1. The summed E-state index contributed by atoms with van der Waals surface area (Å²) in [6.07, 6.45) is 4.60. The fourth-order valence-corrected chi connectivity index (χ4v) is 4.91. The Labute approximate surface area is 182 Å². The Morgan fingerprint density at radius 3 is 2.77 bits per heavy atom. The topological polar surface area (TPSA) is 78.3 Å². The van der Waals surface area contributed by atoms with Crippen LogP contribution < -0.4 is 20.4 Å². The third-order valence-electron chi connectivity index (χ3n) is 6.20. The molecule has 2 amide bonds. The van der Waals surface area contributed by atoms with Crippen LogP contribution in [0.1, 0.15) is 25.0 Å². The van der Waals surface area contributed by atoms with Crippen LogP contribution in [0.2, 0.25) is 0 Å². The fourth-order valence-electron chi connectivity index (χ4n) is 4.91. The zero-order chi connectivity index (χ0) is 21.7. The fraction of sp³-hybridized carbons (Fsp3) is 0.435. The molecule has 4 heterocycles. The van der Waals surface area contributed by atoms with Crippen LogP contribution in [0.15, 0.2) is 30.6 Å². The van der Waals surface area contributed by atoms with E-state index in [2.05, 4.69) is 45.5 Å². The van der Waals surface area contributed by atoms with E-state index in [1.54, 1.807) is 9.58 Å². The normalized spacial score (nSPS) is 20.9. The van der Waals surface area contributed by atoms with Crippen molar-refractivity contribution in [1.82, 2.24) is 20.1 Å². The van der Waals surface area contributed by atoms with Crippen LogP contribution in [0.3, 0.4) is 0 Å². The van der Waals surface area contributed by atoms with Crippen molar-refractivity contribution >= 4 is 34.1 Å². The predicted octanol–water partition coefficient (Wildman–Crippen LogP) is 3.06. The number of urea groups is 1. The Bertz CT molecular complexity index is 1140. The first-order chi connectivity index (χ1) is 14.9. The minimum absolute atomic E-state index is 0.142. The van der Waals surface area contributed by atoms with E-state index in [9.17, 15) is 4.79 Å². The van der Waals surface area contributed by atoms with Gasteiger partial charge in [-0.1, -0.05) is 0 Å². The van der Waals surface area contributed by atoms with E-state index in [1.807, 2.05) is 38.5 Å². The Balaban J connectivity index is 1.40. The summed E-state index contributed by atoms with van der Waals surface area (Å²) in [5.74, 6) is 0.772. The summed E-state index contributed by atoms with van der Waals surface area (Å²) >= 11 is 0. The van der Waals surface area contributed by atoms with Crippen molar-refractivity contribution in [2.24, 2.45) is 7.05 Å². The first kappa shape index (κ1) is 19.8. The summed E-state index contributed by atoms with van der Waals surface area (Å²) in [6, 6.07) is 6.80. The number of amides is 2. The number of fused-ring (bicyclic) bond motifs is 2. The maximum atomic E-state index is 13.2. The molecule has 31 heavy (non-hydrogen) atoms. The highest BCUT2D eigenvalue weighted by molar-refractivity contribution is 6.04. The second-order valence-corrected chi connectivity index (χ2v) is 8.87. The molecule has 8 nitrogen and oxygen atoms in total. The first-order valence-electron chi connectivity index (χ1n) is 10.9. The molecule has 0 unspecified atom stereocenters. The Hall–Kier alpha value is -3.13. The van der Waals surface area contributed by atoms with Gasteiger partial charge in [-0.3, -0.25) is 9.58 Å². The van der Waals surface area contributed by atoms with Crippen LogP contribution in [-0.2, 0) is 13.5 Å². The minimum Gasteiger partial charge on any atom is -0.368 e. The molecular weight excluding hydrogens is 390 g/mol. The highest BCUT2D eigenvalue weighted by Gasteiger charge is 2.31. The average Bonchev–Trinajstić information content (AvgIpc) is 3.29. The van der Waals surface area contributed by atoms with Gasteiger partial charge in [0.15, 0.2) is 0 Å². The third-order valence-corrected chi connectivity index (χ3v) is 6.20. The Morgan fingerprint density at radius 2 is 2.00 bits per heavy atom. The van der Waals surface area contributed by atoms with Gasteiger partial charge >= 0.3 is 6.03 Å². The smallest absolute Gasteiger partial charge is 0.327 e. The number of hydrogen-bond donors (Lipinski definition) is 2. The highest BCUT2D eigenvalue weighted by Crippen LogP contribution is 2.35. The van der Waals surface area contributed by atoms with Gasteiger partial charge in [0.25, 0.3) is 0 Å². The van der Waals surface area contributed by atoms with E-state index < -0.39 is 0 Å². The van der Waals surface area contributed by atoms with E-state index in [0.29, 0.717) is 18.6 Å². The molecule has 1 aromatic carbocycles. The molecule has 2 aliphatic rings. The number of anilines is 3. The molecule has 2 atom stereocenters. The van der Waals surface area contributed by atoms with Crippen LogP contribution in [0.25, 0.3) is 10.9 Å². The maximum Gasteiger partial charge on any atom is 0.327 e. The number of aryl methyl sites for hydroxylation is 2. The lowest BCUT2D eigenvalue weighted by Crippen LogP contribution is -2.54. The zero-order valence-corrected chi connectivity index (χ0v) is 18.5. The van der Waals surface area contributed by atoms with Crippen LogP contribution in [0.5, 0.6) is 0 Å². The number of nitrogens with zero attached hydrogens (tertiary/aromatic N) is 5. The van der Waals surface area contributed by atoms with E-state index in [-0.39, 0.29) is 6.03 Å². The van der Waals surface area contributed by atoms with Gasteiger partial charge in [0, 0.05) is 73.5 Å². The number of hydrogen-bond acceptors (Lipinski definition) is 5. The molecule has 162 valence electrons. The number of carbonyl (C=O) groups excluding carboxylic acids is 1. The molecule has 0 radical (unpaired) electrons. The number of rotatable bonds is 2. The summed E-state index contributed by atoms with van der Waals surface area (Å²) in [6.45, 7) is 8.96. The molecule has 5 rings (SSSR count). The summed E-state index contributed by atoms with van der Waals surface area (Å²) in [5.41, 5.74) is 5.09. The quantitative estimate of drug-likeness (QED) is 0.668. The van der Waals surface area contributed by atoms with Gasteiger partial charge in [0.1, 0.15) is 5.82 Å². The molecule has 1 fully saturated rings. The van der Waals surface area contributed by atoms with E-state index in [0.717, 1.165) is 47.5 Å². The van der Waals surface area contributed by atoms with E-state index >= 15 is 0 Å². The van der Waals surface area contributed by atoms with Crippen molar-refractivity contribution in [3.8, 4) is 0 Å². The van der Waals surface area contributed by atoms with Gasteiger partial charge in [-0.15, -0.1) is 0 Å². The molecule has 0 saturated carbocycles. The van der Waals surface area contributed by atoms with Crippen LogP contribution in [-0.4, -0.2) is 52.5 Å². The van der Waals surface area contributed by atoms with Gasteiger partial charge in [0.2, 0.25) is 0 Å². The summed E-state index contributed by atoms with van der Waals surface area (Å²) in [7, 11) is 1.90. The number of aromatic nitrogens is 3. The van der Waals surface area contributed by atoms with Gasteiger partial charge in [-0.05, 0) is 51.0 Å². The van der Waals surface area contributed by atoms with Crippen LogP contribution >= 0.6 is 0 Å². The molecule has 2 aromatic heterocycles. The van der Waals surface area contributed by atoms with Crippen LogP contribution in [0.4, 0.5) is 22.0 Å². The zero-order valence-electron chi connectivity index (χ0n) is 18.5. The molecule has 3 aromatic rings. The first-order valence-corrected chi connectivity index (χ1v) is 10.9. The number of piperazine rings is 1. The van der Waals surface area contributed by atoms with Crippen molar-refractivity contribution in [3.05, 3.63) is 41.7 Å². The lowest BCUT2D eigenvalue weighted by molar-refractivity contribution is 0.257. The molecule has 2 N–H and O–H groups in total. The van der Waals surface area contributed by atoms with Crippen molar-refractivity contribution in [2.75, 3.05) is 34.8 Å². The molecule has 1 saturated heterocycles. The standard InChI is InChI=1S/C23H29N7O/c1-14-9-20-17(13-28(4)27-20)10-19(14)26-23(31)30-8-6-18-21(5-7-24-22(18)30)29-11-15(2)25-16(3)12-29/h5,7,9-10,13,15-16,25H,6,8,11-12H2,1-4H3,(H,26,31)/t15-,16+. The van der Waals surface area contributed by atoms with Gasteiger partial charge in [-0.25, -0.2) is 9.78 Å². The van der Waals surface area contributed by atoms with E-state index in [1.165, 1.54) is 11.3 Å². The van der Waals surface area contributed by atoms with Gasteiger partial charge < -0.3 is 15.5 Å². The summed E-state index contributed by atoms with van der Waals surface area (Å²) < 4.78 is 1.79. The molecule has 2 aliphatic heterocycles. The van der Waals surface area contributed by atoms with Crippen molar-refractivity contribution < 1.29 is 4.79 Å². The SMILES string of the molecule is Cc1cc2nn(C)cc2cc1NC(=O)N1CCc2c(N3C[C@@H](C)N[C@@H](C)C3)ccnc21. The number of benzene rings is 1. The number of carbonyl (C=O) groups is 1. The molecule has 0 bridgehead atoms. The Kier molecular flexibility index (Phi) is 4.81. The highest BCUT2D eigenvalue weighted by atomic mass is 16.2. The predicted molar refractivity (Wildman–Crippen MR) is 124 cm³/mol. The molecule has 0 spiro atoms. The maximum absolute atomic E-state index is 13.2. The minimum atomic E-state index is -0.142. The largest absolute Gasteiger partial charge is 0.368 e.